The van der Waals surface area contributed by atoms with Gasteiger partial charge in [0, 0.05) is 26.2 Å². The molecule has 1 fully saturated rings. The molecule has 122 valence electrons. The maximum absolute atomic E-state index is 11.7. The highest BCUT2D eigenvalue weighted by atomic mass is 16.5. The van der Waals surface area contributed by atoms with Crippen molar-refractivity contribution in [2.24, 2.45) is 5.92 Å². The van der Waals surface area contributed by atoms with Crippen LogP contribution in [0.2, 0.25) is 0 Å². The molecular weight excluding hydrogens is 272 g/mol. The lowest BCUT2D eigenvalue weighted by Crippen LogP contribution is -2.48. The number of urea groups is 1. The first-order valence-corrected chi connectivity index (χ1v) is 7.56. The fourth-order valence-corrected chi connectivity index (χ4v) is 2.08. The lowest BCUT2D eigenvalue weighted by molar-refractivity contribution is -0.121. The monoisotopic (exact) mass is 300 g/mol. The van der Waals surface area contributed by atoms with Crippen molar-refractivity contribution in [2.75, 3.05) is 46.4 Å². The second kappa shape index (κ2) is 9.70. The summed E-state index contributed by atoms with van der Waals surface area (Å²) >= 11 is 0. The zero-order chi connectivity index (χ0) is 15.7. The number of nitrogens with one attached hydrogen (secondary N) is 3. The van der Waals surface area contributed by atoms with Crippen LogP contribution in [0.3, 0.4) is 0 Å². The normalized spacial score (nSPS) is 18.8. The van der Waals surface area contributed by atoms with E-state index in [0.717, 1.165) is 19.5 Å². The van der Waals surface area contributed by atoms with Gasteiger partial charge in [-0.05, 0) is 19.4 Å². The number of carbonyl (C=O) groups excluding carboxylic acids is 2. The Kier molecular flexibility index (Phi) is 8.26. The molecule has 0 radical (unpaired) electrons. The lowest BCUT2D eigenvalue weighted by atomic mass is 10.1. The average molecular weight is 300 g/mol. The summed E-state index contributed by atoms with van der Waals surface area (Å²) in [5.74, 6) is 0.222. The van der Waals surface area contributed by atoms with E-state index in [1.54, 1.807) is 0 Å². The van der Waals surface area contributed by atoms with Crippen LogP contribution in [0, 0.1) is 5.92 Å². The molecule has 7 nitrogen and oxygen atoms in total. The minimum Gasteiger partial charge on any atom is -0.374 e. The van der Waals surface area contributed by atoms with Crippen molar-refractivity contribution >= 4 is 11.9 Å². The maximum atomic E-state index is 11.7. The molecule has 3 N–H and O–H groups in total. The second-order valence-electron chi connectivity index (χ2n) is 5.88. The Hall–Kier alpha value is -1.18. The van der Waals surface area contributed by atoms with Gasteiger partial charge in [-0.2, -0.15) is 0 Å². The molecule has 0 spiro atoms. The van der Waals surface area contributed by atoms with E-state index < -0.39 is 6.03 Å². The molecule has 1 atom stereocenters. The first-order chi connectivity index (χ1) is 9.97. The minimum absolute atomic E-state index is 0.0939. The number of likely N-dealkylation sites (N-methyl/N-ethyl adjacent to an activating group) is 1. The first kappa shape index (κ1) is 17.9. The Morgan fingerprint density at radius 1 is 1.43 bits per heavy atom. The summed E-state index contributed by atoms with van der Waals surface area (Å²) in [4.78, 5) is 25.1. The van der Waals surface area contributed by atoms with Crippen molar-refractivity contribution < 1.29 is 14.3 Å². The molecule has 0 aromatic carbocycles. The topological polar surface area (TPSA) is 82.7 Å². The molecule has 3 amide bonds. The lowest BCUT2D eigenvalue weighted by Gasteiger charge is -2.27. The predicted octanol–water partition coefficient (Wildman–Crippen LogP) is -0.221. The number of morpholine rings is 1. The number of ether oxygens (including phenoxy) is 1. The first-order valence-electron chi connectivity index (χ1n) is 7.56. The van der Waals surface area contributed by atoms with Gasteiger partial charge in [-0.3, -0.25) is 15.0 Å². The highest BCUT2D eigenvalue weighted by molar-refractivity contribution is 5.95. The van der Waals surface area contributed by atoms with E-state index in [1.807, 2.05) is 11.9 Å². The molecule has 1 rings (SSSR count). The van der Waals surface area contributed by atoms with Crippen LogP contribution in [0.4, 0.5) is 4.79 Å². The summed E-state index contributed by atoms with van der Waals surface area (Å²) in [6.45, 7) is 7.95. The van der Waals surface area contributed by atoms with Crippen LogP contribution < -0.4 is 16.0 Å². The summed E-state index contributed by atoms with van der Waals surface area (Å²) in [5.41, 5.74) is 0. The fraction of sp³-hybridized carbons (Fsp3) is 0.857. The third-order valence-corrected chi connectivity index (χ3v) is 3.19. The van der Waals surface area contributed by atoms with Crippen LogP contribution in [0.1, 0.15) is 20.3 Å². The molecule has 0 aliphatic carbocycles. The van der Waals surface area contributed by atoms with E-state index in [1.165, 1.54) is 0 Å². The molecular formula is C14H28N4O3. The summed E-state index contributed by atoms with van der Waals surface area (Å²) in [6, 6.07) is -0.426. The van der Waals surface area contributed by atoms with Gasteiger partial charge in [0.2, 0.25) is 5.91 Å². The Morgan fingerprint density at radius 3 is 2.81 bits per heavy atom. The third kappa shape index (κ3) is 8.64. The quantitative estimate of drug-likeness (QED) is 0.605. The summed E-state index contributed by atoms with van der Waals surface area (Å²) in [6.07, 6.45) is 0.990. The van der Waals surface area contributed by atoms with Crippen LogP contribution in [0.5, 0.6) is 0 Å². The Bertz CT molecular complexity index is 330. The van der Waals surface area contributed by atoms with E-state index in [9.17, 15) is 9.59 Å². The molecule has 0 aromatic heterocycles. The summed E-state index contributed by atoms with van der Waals surface area (Å²) < 4.78 is 5.57. The van der Waals surface area contributed by atoms with Crippen LogP contribution in [0.25, 0.3) is 0 Å². The van der Waals surface area contributed by atoms with Crippen molar-refractivity contribution in [3.8, 4) is 0 Å². The molecule has 1 aliphatic heterocycles. The predicted molar refractivity (Wildman–Crippen MR) is 81.1 cm³/mol. The summed E-state index contributed by atoms with van der Waals surface area (Å²) in [7, 11) is 1.84. The van der Waals surface area contributed by atoms with Gasteiger partial charge in [0.05, 0.1) is 19.3 Å². The molecule has 0 aromatic rings. The van der Waals surface area contributed by atoms with Gasteiger partial charge in [-0.25, -0.2) is 4.79 Å². The molecule has 0 bridgehead atoms. The van der Waals surface area contributed by atoms with Crippen molar-refractivity contribution in [3.63, 3.8) is 0 Å². The number of imide groups is 1. The van der Waals surface area contributed by atoms with Crippen LogP contribution in [-0.2, 0) is 9.53 Å². The number of nitrogens with zero attached hydrogens (tertiary/aromatic N) is 1. The van der Waals surface area contributed by atoms with Crippen molar-refractivity contribution in [2.45, 2.75) is 26.4 Å². The highest BCUT2D eigenvalue weighted by Crippen LogP contribution is 1.98. The molecule has 1 heterocycles. The highest BCUT2D eigenvalue weighted by Gasteiger charge is 2.17. The van der Waals surface area contributed by atoms with E-state index in [-0.39, 0.29) is 18.6 Å². The zero-order valence-corrected chi connectivity index (χ0v) is 13.3. The van der Waals surface area contributed by atoms with Gasteiger partial charge in [0.25, 0.3) is 0 Å². The second-order valence-corrected chi connectivity index (χ2v) is 5.88. The Balaban J connectivity index is 2.15. The van der Waals surface area contributed by atoms with Crippen LogP contribution >= 0.6 is 0 Å². The van der Waals surface area contributed by atoms with Gasteiger partial charge in [0.15, 0.2) is 0 Å². The van der Waals surface area contributed by atoms with Gasteiger partial charge in [-0.15, -0.1) is 0 Å². The molecule has 1 aliphatic rings. The number of hydrogen-bond donors (Lipinski definition) is 3. The number of hydrogen-bond acceptors (Lipinski definition) is 5. The van der Waals surface area contributed by atoms with Gasteiger partial charge < -0.3 is 15.4 Å². The molecule has 0 saturated carbocycles. The van der Waals surface area contributed by atoms with E-state index in [0.29, 0.717) is 25.6 Å². The number of rotatable bonds is 7. The van der Waals surface area contributed by atoms with E-state index >= 15 is 0 Å². The molecule has 7 heteroatoms. The van der Waals surface area contributed by atoms with Crippen molar-refractivity contribution in [1.82, 2.24) is 20.9 Å². The fourth-order valence-electron chi connectivity index (χ4n) is 2.08. The largest absolute Gasteiger partial charge is 0.374 e. The van der Waals surface area contributed by atoms with E-state index in [4.69, 9.17) is 4.74 Å². The standard InChI is InChI=1S/C14H28N4O3/c1-11(2)4-5-16-14(20)17-13(19)10-18(3)9-12-8-15-6-7-21-12/h11-12,15H,4-10H2,1-3H3,(H2,16,17,19,20). The Morgan fingerprint density at radius 2 is 2.19 bits per heavy atom. The SMILES string of the molecule is CC(C)CCNC(=O)NC(=O)CN(C)CC1CNCCO1. The van der Waals surface area contributed by atoms with Crippen LogP contribution in [-0.4, -0.2) is 69.3 Å². The number of carbonyl (C=O) groups is 2. The molecule has 1 saturated heterocycles. The molecule has 21 heavy (non-hydrogen) atoms. The minimum atomic E-state index is -0.426. The molecule has 1 unspecified atom stereocenters. The van der Waals surface area contributed by atoms with Gasteiger partial charge in [0.1, 0.15) is 0 Å². The van der Waals surface area contributed by atoms with Crippen molar-refractivity contribution in [1.29, 1.82) is 0 Å². The third-order valence-electron chi connectivity index (χ3n) is 3.19. The zero-order valence-electron chi connectivity index (χ0n) is 13.3. The van der Waals surface area contributed by atoms with Crippen LogP contribution in [0.15, 0.2) is 0 Å². The number of amides is 3. The maximum Gasteiger partial charge on any atom is 0.321 e. The Labute approximate surface area is 126 Å². The smallest absolute Gasteiger partial charge is 0.321 e. The average Bonchev–Trinajstić information content (AvgIpc) is 2.38. The van der Waals surface area contributed by atoms with Gasteiger partial charge >= 0.3 is 6.03 Å². The summed E-state index contributed by atoms with van der Waals surface area (Å²) in [5, 5.41) is 8.25. The van der Waals surface area contributed by atoms with Crippen molar-refractivity contribution in [3.05, 3.63) is 0 Å². The van der Waals surface area contributed by atoms with E-state index in [2.05, 4.69) is 29.8 Å². The van der Waals surface area contributed by atoms with Gasteiger partial charge in [-0.1, -0.05) is 13.8 Å².